The van der Waals surface area contributed by atoms with Crippen LogP contribution in [-0.2, 0) is 6.54 Å². The Balaban J connectivity index is 1.87. The standard InChI is InChI=1S/C16H16N4O/c1-11-9-15(21)12(2)8-14(11)10-20-18-16(17-19-20)13-6-4-3-5-7-13/h3-9,21H,10H2,1-2H3. The molecule has 0 fully saturated rings. The molecule has 1 N–H and O–H groups in total. The van der Waals surface area contributed by atoms with Crippen molar-refractivity contribution in [2.75, 3.05) is 0 Å². The third-order valence-corrected chi connectivity index (χ3v) is 3.45. The maximum absolute atomic E-state index is 9.69. The summed E-state index contributed by atoms with van der Waals surface area (Å²) in [5.74, 6) is 0.927. The summed E-state index contributed by atoms with van der Waals surface area (Å²) in [4.78, 5) is 1.57. The van der Waals surface area contributed by atoms with Crippen LogP contribution in [0.5, 0.6) is 5.75 Å². The molecule has 2 aromatic carbocycles. The molecule has 0 spiro atoms. The monoisotopic (exact) mass is 280 g/mol. The molecule has 1 heterocycles. The zero-order chi connectivity index (χ0) is 14.8. The number of nitrogens with zero attached hydrogens (tertiary/aromatic N) is 4. The summed E-state index contributed by atoms with van der Waals surface area (Å²) < 4.78 is 0. The molecule has 0 aliphatic carbocycles. The van der Waals surface area contributed by atoms with E-state index in [9.17, 15) is 5.11 Å². The maximum atomic E-state index is 9.69. The van der Waals surface area contributed by atoms with E-state index < -0.39 is 0 Å². The quantitative estimate of drug-likeness (QED) is 0.801. The van der Waals surface area contributed by atoms with Crippen LogP contribution in [0.3, 0.4) is 0 Å². The van der Waals surface area contributed by atoms with Crippen LogP contribution in [0.4, 0.5) is 0 Å². The summed E-state index contributed by atoms with van der Waals surface area (Å²) in [6, 6.07) is 13.5. The van der Waals surface area contributed by atoms with Gasteiger partial charge in [0.25, 0.3) is 0 Å². The maximum Gasteiger partial charge on any atom is 0.204 e. The molecule has 0 saturated heterocycles. The highest BCUT2D eigenvalue weighted by Gasteiger charge is 2.08. The molecule has 0 saturated carbocycles. The Morgan fingerprint density at radius 2 is 1.81 bits per heavy atom. The van der Waals surface area contributed by atoms with Gasteiger partial charge in [-0.1, -0.05) is 36.4 Å². The fourth-order valence-corrected chi connectivity index (χ4v) is 2.20. The van der Waals surface area contributed by atoms with Crippen molar-refractivity contribution in [3.63, 3.8) is 0 Å². The molecule has 0 radical (unpaired) electrons. The number of aryl methyl sites for hydroxylation is 2. The van der Waals surface area contributed by atoms with E-state index in [1.165, 1.54) is 0 Å². The molecule has 1 aromatic heterocycles. The summed E-state index contributed by atoms with van der Waals surface area (Å²) >= 11 is 0. The molecule has 0 unspecified atom stereocenters. The number of phenols is 1. The van der Waals surface area contributed by atoms with Crippen LogP contribution in [0.15, 0.2) is 42.5 Å². The third-order valence-electron chi connectivity index (χ3n) is 3.45. The molecule has 0 amide bonds. The molecule has 21 heavy (non-hydrogen) atoms. The van der Waals surface area contributed by atoms with E-state index in [0.29, 0.717) is 18.1 Å². The van der Waals surface area contributed by atoms with Gasteiger partial charge in [-0.05, 0) is 41.8 Å². The smallest absolute Gasteiger partial charge is 0.204 e. The van der Waals surface area contributed by atoms with Gasteiger partial charge in [-0.2, -0.15) is 4.80 Å². The first kappa shape index (κ1) is 13.3. The second kappa shape index (κ2) is 5.36. The van der Waals surface area contributed by atoms with Crippen LogP contribution in [0.2, 0.25) is 0 Å². The first-order valence-corrected chi connectivity index (χ1v) is 6.76. The van der Waals surface area contributed by atoms with Crippen LogP contribution in [0.25, 0.3) is 11.4 Å². The Bertz CT molecular complexity index is 765. The lowest BCUT2D eigenvalue weighted by Crippen LogP contribution is -2.06. The van der Waals surface area contributed by atoms with Gasteiger partial charge in [0, 0.05) is 5.56 Å². The second-order valence-corrected chi connectivity index (χ2v) is 5.07. The van der Waals surface area contributed by atoms with Crippen molar-refractivity contribution in [2.24, 2.45) is 0 Å². The van der Waals surface area contributed by atoms with Gasteiger partial charge in [0.2, 0.25) is 5.82 Å². The Labute approximate surface area is 122 Å². The minimum Gasteiger partial charge on any atom is -0.508 e. The van der Waals surface area contributed by atoms with Gasteiger partial charge in [-0.15, -0.1) is 10.2 Å². The molecule has 3 aromatic rings. The first-order chi connectivity index (χ1) is 10.1. The minimum atomic E-state index is 0.313. The second-order valence-electron chi connectivity index (χ2n) is 5.07. The Hall–Kier alpha value is -2.69. The minimum absolute atomic E-state index is 0.313. The highest BCUT2D eigenvalue weighted by Crippen LogP contribution is 2.22. The van der Waals surface area contributed by atoms with Crippen molar-refractivity contribution in [1.82, 2.24) is 20.2 Å². The molecule has 5 heteroatoms. The first-order valence-electron chi connectivity index (χ1n) is 6.76. The van der Waals surface area contributed by atoms with Crippen LogP contribution in [0, 0.1) is 13.8 Å². The van der Waals surface area contributed by atoms with Crippen LogP contribution < -0.4 is 0 Å². The highest BCUT2D eigenvalue weighted by molar-refractivity contribution is 5.53. The van der Waals surface area contributed by atoms with Crippen LogP contribution >= 0.6 is 0 Å². The van der Waals surface area contributed by atoms with Crippen molar-refractivity contribution >= 4 is 0 Å². The number of hydrogen-bond donors (Lipinski definition) is 1. The normalized spacial score (nSPS) is 10.8. The number of aromatic hydroxyl groups is 1. The molecule has 0 aliphatic rings. The average molecular weight is 280 g/mol. The predicted molar refractivity (Wildman–Crippen MR) is 79.9 cm³/mol. The van der Waals surface area contributed by atoms with Gasteiger partial charge >= 0.3 is 0 Å². The molecule has 0 bridgehead atoms. The topological polar surface area (TPSA) is 63.8 Å². The van der Waals surface area contributed by atoms with Crippen LogP contribution in [-0.4, -0.2) is 25.3 Å². The average Bonchev–Trinajstić information content (AvgIpc) is 2.94. The fourth-order valence-electron chi connectivity index (χ4n) is 2.20. The van der Waals surface area contributed by atoms with Crippen molar-refractivity contribution in [2.45, 2.75) is 20.4 Å². The summed E-state index contributed by atoms with van der Waals surface area (Å²) in [6.45, 7) is 4.37. The number of rotatable bonds is 3. The lowest BCUT2D eigenvalue weighted by Gasteiger charge is -2.07. The zero-order valence-corrected chi connectivity index (χ0v) is 12.0. The summed E-state index contributed by atoms with van der Waals surface area (Å²) in [6.07, 6.45) is 0. The number of aromatic nitrogens is 4. The van der Waals surface area contributed by atoms with E-state index in [0.717, 1.165) is 22.3 Å². The molecule has 5 nitrogen and oxygen atoms in total. The number of tetrazole rings is 1. The van der Waals surface area contributed by atoms with E-state index >= 15 is 0 Å². The SMILES string of the molecule is Cc1cc(Cn2nnc(-c3ccccc3)n2)c(C)cc1O. The molecule has 0 aliphatic heterocycles. The van der Waals surface area contributed by atoms with E-state index in [4.69, 9.17) is 0 Å². The van der Waals surface area contributed by atoms with Gasteiger partial charge in [0.05, 0.1) is 6.54 Å². The van der Waals surface area contributed by atoms with E-state index in [-0.39, 0.29) is 0 Å². The molecule has 106 valence electrons. The zero-order valence-electron chi connectivity index (χ0n) is 12.0. The van der Waals surface area contributed by atoms with Crippen molar-refractivity contribution in [3.05, 3.63) is 59.2 Å². The number of benzene rings is 2. The largest absolute Gasteiger partial charge is 0.508 e. The van der Waals surface area contributed by atoms with E-state index in [1.54, 1.807) is 10.9 Å². The lowest BCUT2D eigenvalue weighted by molar-refractivity contribution is 0.469. The molecular formula is C16H16N4O. The Morgan fingerprint density at radius 1 is 1.05 bits per heavy atom. The van der Waals surface area contributed by atoms with Gasteiger partial charge in [-0.3, -0.25) is 0 Å². The Kier molecular flexibility index (Phi) is 3.39. The van der Waals surface area contributed by atoms with E-state index in [2.05, 4.69) is 15.4 Å². The van der Waals surface area contributed by atoms with Crippen molar-refractivity contribution in [1.29, 1.82) is 0 Å². The van der Waals surface area contributed by atoms with Gasteiger partial charge in [0.1, 0.15) is 5.75 Å². The fraction of sp³-hybridized carbons (Fsp3) is 0.188. The van der Waals surface area contributed by atoms with Gasteiger partial charge < -0.3 is 5.11 Å². The molecule has 0 atom stereocenters. The van der Waals surface area contributed by atoms with Gasteiger partial charge in [0.15, 0.2) is 0 Å². The summed E-state index contributed by atoms with van der Waals surface area (Å²) in [5.41, 5.74) is 3.88. The predicted octanol–water partition coefficient (Wildman–Crippen LogP) is 2.71. The van der Waals surface area contributed by atoms with Crippen molar-refractivity contribution in [3.8, 4) is 17.1 Å². The lowest BCUT2D eigenvalue weighted by atomic mass is 10.0. The van der Waals surface area contributed by atoms with Gasteiger partial charge in [-0.25, -0.2) is 0 Å². The Morgan fingerprint density at radius 3 is 2.57 bits per heavy atom. The molecular weight excluding hydrogens is 264 g/mol. The third kappa shape index (κ3) is 2.76. The number of hydrogen-bond acceptors (Lipinski definition) is 4. The van der Waals surface area contributed by atoms with E-state index in [1.807, 2.05) is 50.2 Å². The highest BCUT2D eigenvalue weighted by atomic mass is 16.3. The van der Waals surface area contributed by atoms with Crippen molar-refractivity contribution < 1.29 is 5.11 Å². The summed E-state index contributed by atoms with van der Waals surface area (Å²) in [5, 5.41) is 22.3. The molecule has 3 rings (SSSR count). The van der Waals surface area contributed by atoms with Crippen LogP contribution in [0.1, 0.15) is 16.7 Å². The summed E-state index contributed by atoms with van der Waals surface area (Å²) in [7, 11) is 0. The number of phenolic OH excluding ortho intramolecular Hbond substituents is 1.